The highest BCUT2D eigenvalue weighted by atomic mass is 35.5. The fraction of sp³-hybridized carbons (Fsp3) is 0.0833. The average Bonchev–Trinajstić information content (AvgIpc) is 3.32. The number of carbonyl (C=O) groups is 2. The van der Waals surface area contributed by atoms with E-state index in [2.05, 4.69) is 4.98 Å². The van der Waals surface area contributed by atoms with Gasteiger partial charge in [0.2, 0.25) is 11.6 Å². The molecule has 0 saturated heterocycles. The molecule has 0 amide bonds. The SMILES string of the molecule is COc1cccc(C(=O)c2[nH]c(Cl)c(Cl)c2-n2c(C(=O)c3cccc(OC)c3)cc(Cl)c2Cl)c1. The monoisotopic (exact) mass is 536 g/mol. The van der Waals surface area contributed by atoms with Crippen molar-refractivity contribution in [2.75, 3.05) is 14.2 Å². The van der Waals surface area contributed by atoms with Gasteiger partial charge in [0.1, 0.15) is 32.5 Å². The van der Waals surface area contributed by atoms with Crippen LogP contribution >= 0.6 is 46.4 Å². The van der Waals surface area contributed by atoms with E-state index in [0.29, 0.717) is 22.6 Å². The second-order valence-electron chi connectivity index (χ2n) is 7.10. The lowest BCUT2D eigenvalue weighted by Gasteiger charge is -2.12. The first-order chi connectivity index (χ1) is 16.3. The molecule has 2 heterocycles. The Morgan fingerprint density at radius 1 is 0.824 bits per heavy atom. The van der Waals surface area contributed by atoms with E-state index in [1.807, 2.05) is 0 Å². The van der Waals surface area contributed by atoms with Gasteiger partial charge < -0.3 is 14.5 Å². The predicted molar refractivity (Wildman–Crippen MR) is 133 cm³/mol. The number of hydrogen-bond acceptors (Lipinski definition) is 4. The van der Waals surface area contributed by atoms with Crippen molar-refractivity contribution in [2.45, 2.75) is 0 Å². The summed E-state index contributed by atoms with van der Waals surface area (Å²) < 4.78 is 11.7. The molecule has 0 aliphatic rings. The summed E-state index contributed by atoms with van der Waals surface area (Å²) in [7, 11) is 2.99. The number of methoxy groups -OCH3 is 2. The number of hydrogen-bond donors (Lipinski definition) is 1. The average molecular weight is 538 g/mol. The molecule has 0 aliphatic carbocycles. The van der Waals surface area contributed by atoms with Gasteiger partial charge >= 0.3 is 0 Å². The van der Waals surface area contributed by atoms with Gasteiger partial charge in [-0.05, 0) is 30.3 Å². The Morgan fingerprint density at radius 3 is 1.94 bits per heavy atom. The zero-order chi connectivity index (χ0) is 24.6. The summed E-state index contributed by atoms with van der Waals surface area (Å²) in [5.41, 5.74) is 0.843. The van der Waals surface area contributed by atoms with E-state index in [4.69, 9.17) is 55.9 Å². The number of halogens is 4. The van der Waals surface area contributed by atoms with Crippen LogP contribution in [-0.4, -0.2) is 35.3 Å². The molecular weight excluding hydrogens is 522 g/mol. The van der Waals surface area contributed by atoms with E-state index < -0.39 is 11.6 Å². The molecule has 6 nitrogen and oxygen atoms in total. The topological polar surface area (TPSA) is 73.3 Å². The van der Waals surface area contributed by atoms with Crippen molar-refractivity contribution in [3.05, 3.63) is 97.5 Å². The molecule has 0 spiro atoms. The van der Waals surface area contributed by atoms with Crippen molar-refractivity contribution in [1.29, 1.82) is 0 Å². The number of benzene rings is 2. The van der Waals surface area contributed by atoms with Gasteiger partial charge in [-0.15, -0.1) is 0 Å². The van der Waals surface area contributed by atoms with E-state index in [-0.39, 0.29) is 37.4 Å². The molecule has 4 aromatic rings. The molecule has 4 rings (SSSR count). The summed E-state index contributed by atoms with van der Waals surface area (Å²) in [4.78, 5) is 29.7. The lowest BCUT2D eigenvalue weighted by molar-refractivity contribution is 0.102. The molecule has 0 bridgehead atoms. The highest BCUT2D eigenvalue weighted by molar-refractivity contribution is 6.45. The zero-order valence-electron chi connectivity index (χ0n) is 17.8. The molecule has 0 aliphatic heterocycles. The zero-order valence-corrected chi connectivity index (χ0v) is 20.8. The van der Waals surface area contributed by atoms with E-state index in [1.54, 1.807) is 48.5 Å². The van der Waals surface area contributed by atoms with Crippen LogP contribution in [0.4, 0.5) is 0 Å². The molecular formula is C24H16Cl4N2O4. The molecule has 10 heteroatoms. The normalized spacial score (nSPS) is 10.9. The molecule has 2 aromatic carbocycles. The third kappa shape index (κ3) is 4.30. The second kappa shape index (κ2) is 9.76. The Balaban J connectivity index is 1.91. The Morgan fingerprint density at radius 2 is 1.38 bits per heavy atom. The summed E-state index contributed by atoms with van der Waals surface area (Å²) in [6, 6.07) is 14.6. The van der Waals surface area contributed by atoms with E-state index in [1.165, 1.54) is 24.9 Å². The molecule has 2 aromatic heterocycles. The minimum absolute atomic E-state index is 0.00164. The first-order valence-corrected chi connectivity index (χ1v) is 11.3. The third-order valence-corrected chi connectivity index (χ3v) is 6.62. The van der Waals surface area contributed by atoms with Crippen LogP contribution in [0.3, 0.4) is 0 Å². The molecule has 0 radical (unpaired) electrons. The number of nitrogens with zero attached hydrogens (tertiary/aromatic N) is 1. The summed E-state index contributed by atoms with van der Waals surface area (Å²) in [5, 5.41) is 0.0941. The number of ketones is 2. The quantitative estimate of drug-likeness (QED) is 0.260. The van der Waals surface area contributed by atoms with Crippen molar-refractivity contribution in [2.24, 2.45) is 0 Å². The number of nitrogens with one attached hydrogen (secondary N) is 1. The number of aromatic nitrogens is 2. The first kappa shape index (κ1) is 24.2. The number of aromatic amines is 1. The van der Waals surface area contributed by atoms with Crippen molar-refractivity contribution in [3.63, 3.8) is 0 Å². The summed E-state index contributed by atoms with van der Waals surface area (Å²) in [5.74, 6) is 0.133. The summed E-state index contributed by atoms with van der Waals surface area (Å²) in [6.07, 6.45) is 0. The highest BCUT2D eigenvalue weighted by Crippen LogP contribution is 2.39. The molecule has 34 heavy (non-hydrogen) atoms. The van der Waals surface area contributed by atoms with Gasteiger partial charge in [0, 0.05) is 11.1 Å². The number of H-pyrrole nitrogens is 1. The van der Waals surface area contributed by atoms with Gasteiger partial charge in [-0.2, -0.15) is 0 Å². The third-order valence-electron chi connectivity index (χ3n) is 5.12. The maximum atomic E-state index is 13.4. The van der Waals surface area contributed by atoms with Crippen LogP contribution in [0.5, 0.6) is 11.5 Å². The van der Waals surface area contributed by atoms with Crippen LogP contribution in [0.2, 0.25) is 20.4 Å². The predicted octanol–water partition coefficient (Wildman–Crippen LogP) is 6.90. The Bertz CT molecular complexity index is 1320. The van der Waals surface area contributed by atoms with E-state index in [0.717, 1.165) is 0 Å². The minimum Gasteiger partial charge on any atom is -0.497 e. The molecule has 0 fully saturated rings. The first-order valence-electron chi connectivity index (χ1n) is 9.78. The van der Waals surface area contributed by atoms with Crippen molar-refractivity contribution < 1.29 is 19.1 Å². The van der Waals surface area contributed by atoms with Gasteiger partial charge in [0.15, 0.2) is 0 Å². The van der Waals surface area contributed by atoms with Crippen LogP contribution in [0.25, 0.3) is 5.69 Å². The number of carbonyl (C=O) groups excluding carboxylic acids is 2. The Labute approximate surface area is 214 Å². The maximum absolute atomic E-state index is 13.4. The van der Waals surface area contributed by atoms with Crippen LogP contribution in [0, 0.1) is 0 Å². The van der Waals surface area contributed by atoms with Gasteiger partial charge in [-0.1, -0.05) is 70.7 Å². The fourth-order valence-electron chi connectivity index (χ4n) is 3.48. The summed E-state index contributed by atoms with van der Waals surface area (Å²) >= 11 is 25.6. The van der Waals surface area contributed by atoms with Crippen LogP contribution in [0.15, 0.2) is 54.6 Å². The second-order valence-corrected chi connectivity index (χ2v) is 8.62. The number of ether oxygens (including phenoxy) is 2. The largest absolute Gasteiger partial charge is 0.497 e. The molecule has 1 N–H and O–H groups in total. The van der Waals surface area contributed by atoms with Crippen molar-refractivity contribution in [1.82, 2.24) is 9.55 Å². The van der Waals surface area contributed by atoms with Crippen molar-refractivity contribution in [3.8, 4) is 17.2 Å². The van der Waals surface area contributed by atoms with Crippen LogP contribution < -0.4 is 9.47 Å². The molecule has 0 unspecified atom stereocenters. The van der Waals surface area contributed by atoms with Gasteiger partial charge in [-0.3, -0.25) is 14.2 Å². The Hall–Kier alpha value is -2.90. The van der Waals surface area contributed by atoms with E-state index >= 15 is 0 Å². The molecule has 0 atom stereocenters. The minimum atomic E-state index is -0.441. The maximum Gasteiger partial charge on any atom is 0.211 e. The van der Waals surface area contributed by atoms with Crippen LogP contribution in [-0.2, 0) is 0 Å². The lowest BCUT2D eigenvalue weighted by atomic mass is 10.1. The lowest BCUT2D eigenvalue weighted by Crippen LogP contribution is -2.13. The van der Waals surface area contributed by atoms with Gasteiger partial charge in [0.25, 0.3) is 0 Å². The fourth-order valence-corrected chi connectivity index (χ4v) is 4.30. The van der Waals surface area contributed by atoms with E-state index in [9.17, 15) is 9.59 Å². The van der Waals surface area contributed by atoms with Crippen molar-refractivity contribution >= 4 is 58.0 Å². The van der Waals surface area contributed by atoms with Crippen LogP contribution in [0.1, 0.15) is 32.1 Å². The van der Waals surface area contributed by atoms with Gasteiger partial charge in [-0.25, -0.2) is 0 Å². The van der Waals surface area contributed by atoms with Gasteiger partial charge in [0.05, 0.1) is 30.6 Å². The smallest absolute Gasteiger partial charge is 0.211 e. The highest BCUT2D eigenvalue weighted by Gasteiger charge is 2.29. The summed E-state index contributed by atoms with van der Waals surface area (Å²) in [6.45, 7) is 0. The Kier molecular flexibility index (Phi) is 6.96. The number of rotatable bonds is 7. The standard InChI is InChI=1S/C24H16Cl4N2O4/c1-33-14-7-3-5-12(9-14)21(31)17-11-16(25)24(28)30(17)20-18(26)23(27)29-19(20)22(32)13-6-4-8-15(10-13)34-2/h3-11,29H,1-2H3. The molecule has 0 saturated carbocycles. The molecule has 174 valence electrons.